The first-order valence-corrected chi connectivity index (χ1v) is 10.1. The van der Waals surface area contributed by atoms with Crippen molar-refractivity contribution < 1.29 is 14.3 Å². The van der Waals surface area contributed by atoms with Crippen molar-refractivity contribution in [3.8, 4) is 0 Å². The maximum Gasteiger partial charge on any atom is 0.410 e. The van der Waals surface area contributed by atoms with Crippen LogP contribution in [0.3, 0.4) is 0 Å². The lowest BCUT2D eigenvalue weighted by molar-refractivity contribution is 0.00254. The number of Topliss-reactive ketones (excluding diaryl/α,β-unsaturated/α-hetero) is 1. The number of benzene rings is 1. The number of pyridine rings is 1. The van der Waals surface area contributed by atoms with Gasteiger partial charge in [0.25, 0.3) is 0 Å². The van der Waals surface area contributed by atoms with E-state index in [1.807, 2.05) is 56.9 Å². The van der Waals surface area contributed by atoms with E-state index >= 15 is 0 Å². The zero-order valence-corrected chi connectivity index (χ0v) is 17.1. The maximum atomic E-state index is 13.3. The molecule has 0 radical (unpaired) electrons. The number of aromatic nitrogens is 1. The highest BCUT2D eigenvalue weighted by Gasteiger charge is 2.46. The predicted octanol–water partition coefficient (Wildman–Crippen LogP) is 4.90. The summed E-state index contributed by atoms with van der Waals surface area (Å²) in [6, 6.07) is 8.04. The van der Waals surface area contributed by atoms with Crippen molar-refractivity contribution in [3.63, 3.8) is 0 Å². The van der Waals surface area contributed by atoms with Gasteiger partial charge in [0, 0.05) is 35.1 Å². The van der Waals surface area contributed by atoms with Gasteiger partial charge in [-0.3, -0.25) is 9.78 Å². The van der Waals surface area contributed by atoms with Crippen molar-refractivity contribution in [3.05, 3.63) is 41.6 Å². The molecule has 28 heavy (non-hydrogen) atoms. The van der Waals surface area contributed by atoms with E-state index in [4.69, 9.17) is 4.74 Å². The van der Waals surface area contributed by atoms with Gasteiger partial charge in [-0.15, -0.1) is 0 Å². The average molecular weight is 380 g/mol. The van der Waals surface area contributed by atoms with Gasteiger partial charge in [-0.05, 0) is 65.0 Å². The summed E-state index contributed by atoms with van der Waals surface area (Å²) < 4.78 is 5.60. The van der Waals surface area contributed by atoms with Crippen molar-refractivity contribution in [2.24, 2.45) is 5.92 Å². The number of hydrogen-bond acceptors (Lipinski definition) is 4. The quantitative estimate of drug-likeness (QED) is 0.695. The third-order valence-corrected chi connectivity index (χ3v) is 6.00. The SMILES string of the molecule is Cc1c(C(=O)C2CC3CCC(C2)N3C(=O)OC(C)(C)C)ccc2cccnc12. The third-order valence-electron chi connectivity index (χ3n) is 6.00. The van der Waals surface area contributed by atoms with E-state index in [1.165, 1.54) is 0 Å². The Morgan fingerprint density at radius 3 is 2.43 bits per heavy atom. The summed E-state index contributed by atoms with van der Waals surface area (Å²) >= 11 is 0. The van der Waals surface area contributed by atoms with Gasteiger partial charge in [-0.2, -0.15) is 0 Å². The van der Waals surface area contributed by atoms with Crippen LogP contribution in [0.25, 0.3) is 10.9 Å². The number of aryl methyl sites for hydroxylation is 1. The van der Waals surface area contributed by atoms with Crippen molar-refractivity contribution >= 4 is 22.8 Å². The molecule has 3 heterocycles. The highest BCUT2D eigenvalue weighted by atomic mass is 16.6. The van der Waals surface area contributed by atoms with Gasteiger partial charge in [0.15, 0.2) is 5.78 Å². The molecule has 2 unspecified atom stereocenters. The minimum atomic E-state index is -0.502. The Balaban J connectivity index is 1.54. The number of fused-ring (bicyclic) bond motifs is 3. The van der Waals surface area contributed by atoms with Gasteiger partial charge in [-0.25, -0.2) is 4.79 Å². The molecule has 0 aliphatic carbocycles. The second kappa shape index (κ2) is 6.87. The standard InChI is InChI=1S/C23H28N2O3/c1-14-19(10-7-15-6-5-11-24-20(14)15)21(26)16-12-17-8-9-18(13-16)25(17)22(27)28-23(2,3)4/h5-7,10-11,16-18H,8-9,12-13H2,1-4H3. The minimum absolute atomic E-state index is 0.0453. The molecule has 2 aromatic rings. The molecule has 0 saturated carbocycles. The zero-order valence-electron chi connectivity index (χ0n) is 17.1. The first-order valence-electron chi connectivity index (χ1n) is 10.1. The molecular formula is C23H28N2O3. The fourth-order valence-corrected chi connectivity index (χ4v) is 4.78. The summed E-state index contributed by atoms with van der Waals surface area (Å²) in [6.07, 6.45) is 4.86. The van der Waals surface area contributed by atoms with E-state index < -0.39 is 5.60 Å². The van der Waals surface area contributed by atoms with Gasteiger partial charge < -0.3 is 9.64 Å². The molecule has 1 aromatic carbocycles. The molecule has 2 atom stereocenters. The molecule has 0 N–H and O–H groups in total. The van der Waals surface area contributed by atoms with Crippen LogP contribution in [-0.2, 0) is 4.74 Å². The molecule has 148 valence electrons. The molecule has 0 spiro atoms. The first-order chi connectivity index (χ1) is 13.2. The number of piperidine rings is 1. The summed E-state index contributed by atoms with van der Waals surface area (Å²) in [5.74, 6) is 0.141. The highest BCUT2D eigenvalue weighted by molar-refractivity contribution is 6.03. The number of ether oxygens (including phenoxy) is 1. The Morgan fingerprint density at radius 2 is 1.79 bits per heavy atom. The number of carbonyl (C=O) groups is 2. The van der Waals surface area contributed by atoms with E-state index in [1.54, 1.807) is 6.20 Å². The van der Waals surface area contributed by atoms with Gasteiger partial charge in [-0.1, -0.05) is 18.2 Å². The highest BCUT2D eigenvalue weighted by Crippen LogP contribution is 2.41. The summed E-state index contributed by atoms with van der Waals surface area (Å²) in [6.45, 7) is 7.64. The number of hydrogen-bond donors (Lipinski definition) is 0. The smallest absolute Gasteiger partial charge is 0.410 e. The van der Waals surface area contributed by atoms with Crippen LogP contribution in [0.5, 0.6) is 0 Å². The Hall–Kier alpha value is -2.43. The van der Waals surface area contributed by atoms with E-state index in [0.717, 1.165) is 34.9 Å². The van der Waals surface area contributed by atoms with Gasteiger partial charge in [0.05, 0.1) is 5.52 Å². The molecule has 2 aliphatic heterocycles. The summed E-state index contributed by atoms with van der Waals surface area (Å²) in [7, 11) is 0. The van der Waals surface area contributed by atoms with Crippen LogP contribution in [0.1, 0.15) is 62.4 Å². The molecule has 2 aliphatic rings. The Labute approximate surface area is 166 Å². The van der Waals surface area contributed by atoms with Crippen molar-refractivity contribution in [1.29, 1.82) is 0 Å². The van der Waals surface area contributed by atoms with Crippen LogP contribution >= 0.6 is 0 Å². The molecule has 5 nitrogen and oxygen atoms in total. The molecule has 5 heteroatoms. The lowest BCUT2D eigenvalue weighted by atomic mass is 9.83. The van der Waals surface area contributed by atoms with Gasteiger partial charge in [0.1, 0.15) is 5.60 Å². The van der Waals surface area contributed by atoms with Gasteiger partial charge in [0.2, 0.25) is 0 Å². The van der Waals surface area contributed by atoms with E-state index in [-0.39, 0.29) is 29.9 Å². The zero-order chi connectivity index (χ0) is 20.1. The van der Waals surface area contributed by atoms with Crippen LogP contribution in [0.2, 0.25) is 0 Å². The molecule has 4 rings (SSSR count). The number of carbonyl (C=O) groups excluding carboxylic acids is 2. The van der Waals surface area contributed by atoms with Crippen molar-refractivity contribution in [1.82, 2.24) is 9.88 Å². The average Bonchev–Trinajstić information content (AvgIpc) is 2.90. The van der Waals surface area contributed by atoms with Crippen LogP contribution < -0.4 is 0 Å². The van der Waals surface area contributed by atoms with E-state index in [2.05, 4.69) is 4.98 Å². The number of amides is 1. The van der Waals surface area contributed by atoms with Crippen molar-refractivity contribution in [2.45, 2.75) is 71.1 Å². The largest absolute Gasteiger partial charge is 0.444 e. The molecule has 1 amide bonds. The van der Waals surface area contributed by atoms with E-state index in [9.17, 15) is 9.59 Å². The molecule has 2 saturated heterocycles. The number of ketones is 1. The number of nitrogens with zero attached hydrogens (tertiary/aromatic N) is 2. The second-order valence-corrected chi connectivity index (χ2v) is 9.12. The fraction of sp³-hybridized carbons (Fsp3) is 0.522. The monoisotopic (exact) mass is 380 g/mol. The molecule has 1 aromatic heterocycles. The number of rotatable bonds is 2. The second-order valence-electron chi connectivity index (χ2n) is 9.12. The van der Waals surface area contributed by atoms with Crippen molar-refractivity contribution in [2.75, 3.05) is 0 Å². The summed E-state index contributed by atoms with van der Waals surface area (Å²) in [5.41, 5.74) is 2.10. The minimum Gasteiger partial charge on any atom is -0.444 e. The van der Waals surface area contributed by atoms with Crippen LogP contribution in [0.4, 0.5) is 4.79 Å². The lowest BCUT2D eigenvalue weighted by Crippen LogP contribution is -2.49. The van der Waals surface area contributed by atoms with Crippen LogP contribution in [0, 0.1) is 12.8 Å². The molecule has 2 fully saturated rings. The normalized spacial score (nSPS) is 24.4. The Kier molecular flexibility index (Phi) is 4.64. The first kappa shape index (κ1) is 18.9. The molecule has 2 bridgehead atoms. The van der Waals surface area contributed by atoms with Crippen LogP contribution in [-0.4, -0.2) is 39.4 Å². The van der Waals surface area contributed by atoms with Gasteiger partial charge >= 0.3 is 6.09 Å². The molecular weight excluding hydrogens is 352 g/mol. The Bertz CT molecular complexity index is 917. The predicted molar refractivity (Wildman–Crippen MR) is 108 cm³/mol. The van der Waals surface area contributed by atoms with E-state index in [0.29, 0.717) is 12.8 Å². The topological polar surface area (TPSA) is 59.5 Å². The summed E-state index contributed by atoms with van der Waals surface area (Å²) in [4.78, 5) is 32.3. The lowest BCUT2D eigenvalue weighted by Gasteiger charge is -2.39. The third kappa shape index (κ3) is 3.38. The fourth-order valence-electron chi connectivity index (χ4n) is 4.78. The summed E-state index contributed by atoms with van der Waals surface area (Å²) in [5, 5.41) is 1.05. The Morgan fingerprint density at radius 1 is 1.11 bits per heavy atom. The maximum absolute atomic E-state index is 13.3. The van der Waals surface area contributed by atoms with Crippen LogP contribution in [0.15, 0.2) is 30.5 Å².